The Morgan fingerprint density at radius 3 is 2.62 bits per heavy atom. The van der Waals surface area contributed by atoms with E-state index in [4.69, 9.17) is 0 Å². The van der Waals surface area contributed by atoms with Crippen LogP contribution in [0.1, 0.15) is 6.42 Å². The van der Waals surface area contributed by atoms with Crippen LogP contribution in [-0.2, 0) is 14.4 Å². The zero-order chi connectivity index (χ0) is 18.9. The van der Waals surface area contributed by atoms with Crippen LogP contribution in [-0.4, -0.2) is 61.0 Å². The van der Waals surface area contributed by atoms with Crippen LogP contribution in [0.25, 0.3) is 0 Å². The molecule has 0 radical (unpaired) electrons. The highest BCUT2D eigenvalue weighted by Gasteiger charge is 2.49. The summed E-state index contributed by atoms with van der Waals surface area (Å²) in [5.74, 6) is -1.91. The van der Waals surface area contributed by atoms with Crippen molar-refractivity contribution in [1.82, 2.24) is 10.2 Å². The molecule has 3 amide bonds. The first-order valence-electron chi connectivity index (χ1n) is 8.02. The van der Waals surface area contributed by atoms with Gasteiger partial charge in [0.05, 0.1) is 30.9 Å². The highest BCUT2D eigenvalue weighted by Crippen LogP contribution is 2.37. The number of carbonyl (C=O) groups is 3. The van der Waals surface area contributed by atoms with Crippen molar-refractivity contribution in [3.8, 4) is 0 Å². The Hall–Kier alpha value is -2.62. The van der Waals surface area contributed by atoms with Gasteiger partial charge in [0.1, 0.15) is 6.04 Å². The Kier molecular flexibility index (Phi) is 4.86. The van der Waals surface area contributed by atoms with E-state index >= 15 is 0 Å². The molecular weight excluding hydrogens is 353 g/mol. The Labute approximate surface area is 147 Å². The molecular formula is C16H17F3N4O3. The van der Waals surface area contributed by atoms with Crippen LogP contribution in [0.15, 0.2) is 24.3 Å². The Morgan fingerprint density at radius 1 is 1.19 bits per heavy atom. The molecule has 0 unspecified atom stereocenters. The maximum atomic E-state index is 13.6. The lowest BCUT2D eigenvalue weighted by atomic mass is 10.1. The lowest BCUT2D eigenvalue weighted by Gasteiger charge is -2.34. The van der Waals surface area contributed by atoms with Gasteiger partial charge in [0.2, 0.25) is 17.7 Å². The molecule has 0 spiro atoms. The van der Waals surface area contributed by atoms with Crippen molar-refractivity contribution in [3.05, 3.63) is 24.3 Å². The standard InChI is InChI=1S/C16H17F3N4O3/c17-16(18,19)12-7-13(24)21-10-3-1-2-4-11(10)23(12)15(26)9-22-6-5-20-14(25)8-22/h1-4,12H,5-9H2,(H,20,25)(H,21,24)/t12-/m1/s1. The molecule has 2 aliphatic heterocycles. The molecule has 0 aromatic heterocycles. The van der Waals surface area contributed by atoms with E-state index in [-0.39, 0.29) is 30.4 Å². The number of benzene rings is 1. The zero-order valence-corrected chi connectivity index (χ0v) is 13.7. The first kappa shape index (κ1) is 18.2. The Morgan fingerprint density at radius 2 is 1.92 bits per heavy atom. The van der Waals surface area contributed by atoms with Gasteiger partial charge < -0.3 is 10.6 Å². The Bertz CT molecular complexity index is 738. The molecule has 0 aliphatic carbocycles. The fraction of sp³-hybridized carbons (Fsp3) is 0.438. The van der Waals surface area contributed by atoms with Gasteiger partial charge in [0.25, 0.3) is 0 Å². The SMILES string of the molecule is O=C1CN(CC(=O)N2c3ccccc3NC(=O)C[C@@H]2C(F)(F)F)CCN1. The van der Waals surface area contributed by atoms with Crippen molar-refractivity contribution in [1.29, 1.82) is 0 Å². The van der Waals surface area contributed by atoms with Crippen LogP contribution < -0.4 is 15.5 Å². The normalized spacial score (nSPS) is 21.5. The lowest BCUT2D eigenvalue weighted by molar-refractivity contribution is -0.158. The number of hydrogen-bond donors (Lipinski definition) is 2. The van der Waals surface area contributed by atoms with Crippen LogP contribution >= 0.6 is 0 Å². The van der Waals surface area contributed by atoms with Crippen molar-refractivity contribution in [3.63, 3.8) is 0 Å². The number of rotatable bonds is 2. The van der Waals surface area contributed by atoms with E-state index in [1.165, 1.54) is 23.1 Å². The predicted molar refractivity (Wildman–Crippen MR) is 86.5 cm³/mol. The van der Waals surface area contributed by atoms with E-state index in [9.17, 15) is 27.6 Å². The van der Waals surface area contributed by atoms with Gasteiger partial charge in [-0.05, 0) is 12.1 Å². The number of anilines is 2. The molecule has 1 atom stereocenters. The molecule has 1 aromatic carbocycles. The fourth-order valence-corrected chi connectivity index (χ4v) is 3.09. The highest BCUT2D eigenvalue weighted by atomic mass is 19.4. The maximum absolute atomic E-state index is 13.6. The van der Waals surface area contributed by atoms with Crippen molar-refractivity contribution >= 4 is 29.1 Å². The summed E-state index contributed by atoms with van der Waals surface area (Å²) in [6, 6.07) is 3.60. The summed E-state index contributed by atoms with van der Waals surface area (Å²) in [6.07, 6.45) is -5.66. The second-order valence-corrected chi connectivity index (χ2v) is 6.15. The van der Waals surface area contributed by atoms with E-state index in [0.29, 0.717) is 18.0 Å². The monoisotopic (exact) mass is 370 g/mol. The molecule has 7 nitrogen and oxygen atoms in total. The summed E-state index contributed by atoms with van der Waals surface area (Å²) in [7, 11) is 0. The van der Waals surface area contributed by atoms with Crippen molar-refractivity contribution in [2.24, 2.45) is 0 Å². The van der Waals surface area contributed by atoms with Crippen molar-refractivity contribution in [2.45, 2.75) is 18.6 Å². The topological polar surface area (TPSA) is 81.8 Å². The number of nitrogens with one attached hydrogen (secondary N) is 2. The molecule has 1 aromatic rings. The second kappa shape index (κ2) is 6.94. The average Bonchev–Trinajstić information content (AvgIpc) is 2.70. The Balaban J connectivity index is 1.94. The highest BCUT2D eigenvalue weighted by molar-refractivity contribution is 6.05. The average molecular weight is 370 g/mol. The maximum Gasteiger partial charge on any atom is 0.409 e. The fourth-order valence-electron chi connectivity index (χ4n) is 3.09. The number of hydrogen-bond acceptors (Lipinski definition) is 4. The van der Waals surface area contributed by atoms with Gasteiger partial charge in [-0.3, -0.25) is 24.2 Å². The van der Waals surface area contributed by atoms with Gasteiger partial charge in [-0.1, -0.05) is 12.1 Å². The molecule has 3 rings (SSSR count). The third kappa shape index (κ3) is 3.79. The van der Waals surface area contributed by atoms with Crippen LogP contribution in [0.5, 0.6) is 0 Å². The summed E-state index contributed by atoms with van der Waals surface area (Å²) < 4.78 is 40.8. The zero-order valence-electron chi connectivity index (χ0n) is 13.7. The minimum absolute atomic E-state index is 0.00728. The quantitative estimate of drug-likeness (QED) is 0.804. The first-order chi connectivity index (χ1) is 12.3. The van der Waals surface area contributed by atoms with Crippen molar-refractivity contribution in [2.75, 3.05) is 36.4 Å². The number of piperazine rings is 1. The molecule has 140 valence electrons. The summed E-state index contributed by atoms with van der Waals surface area (Å²) in [6.45, 7) is 0.282. The molecule has 2 heterocycles. The summed E-state index contributed by atoms with van der Waals surface area (Å²) >= 11 is 0. The van der Waals surface area contributed by atoms with Gasteiger partial charge in [0, 0.05) is 13.1 Å². The molecule has 1 fully saturated rings. The molecule has 0 bridgehead atoms. The minimum atomic E-state index is -4.77. The summed E-state index contributed by atoms with van der Waals surface area (Å²) in [5.41, 5.74) is 0.140. The van der Waals surface area contributed by atoms with E-state index in [1.807, 2.05) is 0 Å². The van der Waals surface area contributed by atoms with E-state index in [1.54, 1.807) is 6.07 Å². The van der Waals surface area contributed by atoms with Gasteiger partial charge in [-0.2, -0.15) is 13.2 Å². The van der Waals surface area contributed by atoms with Crippen LogP contribution in [0.4, 0.5) is 24.5 Å². The number of carbonyl (C=O) groups excluding carboxylic acids is 3. The first-order valence-corrected chi connectivity index (χ1v) is 8.02. The van der Waals surface area contributed by atoms with Crippen LogP contribution in [0.2, 0.25) is 0 Å². The van der Waals surface area contributed by atoms with E-state index in [0.717, 1.165) is 0 Å². The summed E-state index contributed by atoms with van der Waals surface area (Å²) in [4.78, 5) is 38.2. The van der Waals surface area contributed by atoms with Gasteiger partial charge in [-0.15, -0.1) is 0 Å². The number of halogens is 3. The van der Waals surface area contributed by atoms with E-state index < -0.39 is 30.5 Å². The lowest BCUT2D eigenvalue weighted by Crippen LogP contribution is -2.55. The van der Waals surface area contributed by atoms with Gasteiger partial charge in [0.15, 0.2) is 0 Å². The third-order valence-corrected chi connectivity index (χ3v) is 4.25. The minimum Gasteiger partial charge on any atom is -0.354 e. The van der Waals surface area contributed by atoms with Gasteiger partial charge in [-0.25, -0.2) is 0 Å². The van der Waals surface area contributed by atoms with Crippen molar-refractivity contribution < 1.29 is 27.6 Å². The molecule has 26 heavy (non-hydrogen) atoms. The largest absolute Gasteiger partial charge is 0.409 e. The third-order valence-electron chi connectivity index (χ3n) is 4.25. The number of fused-ring (bicyclic) bond motifs is 1. The number of alkyl halides is 3. The van der Waals surface area contributed by atoms with E-state index in [2.05, 4.69) is 10.6 Å². The molecule has 0 saturated carbocycles. The second-order valence-electron chi connectivity index (χ2n) is 6.15. The molecule has 10 heteroatoms. The number of para-hydroxylation sites is 2. The predicted octanol–water partition coefficient (Wildman–Crippen LogP) is 0.724. The molecule has 1 saturated heterocycles. The number of amides is 3. The number of nitrogens with zero attached hydrogens (tertiary/aromatic N) is 2. The smallest absolute Gasteiger partial charge is 0.354 e. The van der Waals surface area contributed by atoms with Crippen LogP contribution in [0, 0.1) is 0 Å². The van der Waals surface area contributed by atoms with Crippen LogP contribution in [0.3, 0.4) is 0 Å². The molecule has 2 aliphatic rings. The summed E-state index contributed by atoms with van der Waals surface area (Å²) in [5, 5.41) is 5.00. The molecule has 2 N–H and O–H groups in total. The van der Waals surface area contributed by atoms with Gasteiger partial charge >= 0.3 is 6.18 Å².